The summed E-state index contributed by atoms with van der Waals surface area (Å²) in [5, 5.41) is 3.48. The molecule has 8 nitrogen and oxygen atoms in total. The van der Waals surface area contributed by atoms with Crippen molar-refractivity contribution in [3.05, 3.63) is 99.5 Å². The van der Waals surface area contributed by atoms with E-state index in [1.807, 2.05) is 37.3 Å². The van der Waals surface area contributed by atoms with Crippen LogP contribution in [0.4, 0.5) is 5.69 Å². The van der Waals surface area contributed by atoms with E-state index in [9.17, 15) is 22.8 Å². The van der Waals surface area contributed by atoms with E-state index in [0.717, 1.165) is 16.1 Å². The van der Waals surface area contributed by atoms with Crippen molar-refractivity contribution in [1.82, 2.24) is 10.2 Å². The molecule has 0 aliphatic carbocycles. The lowest BCUT2D eigenvalue weighted by atomic mass is 10.0. The Morgan fingerprint density at radius 1 is 0.927 bits per heavy atom. The Morgan fingerprint density at radius 3 is 2.15 bits per heavy atom. The number of rotatable bonds is 13. The summed E-state index contributed by atoms with van der Waals surface area (Å²) in [5.41, 5.74) is 1.68. The molecule has 0 bridgehead atoms. The summed E-state index contributed by atoms with van der Waals surface area (Å²) in [5.74, 6) is -1.29. The second kappa shape index (κ2) is 14.5. The van der Waals surface area contributed by atoms with E-state index in [-0.39, 0.29) is 24.4 Å². The molecule has 1 N–H and O–H groups in total. The average molecular weight is 619 g/mol. The van der Waals surface area contributed by atoms with Crippen molar-refractivity contribution in [3.63, 3.8) is 0 Å². The average Bonchev–Trinajstić information content (AvgIpc) is 2.93. The quantitative estimate of drug-likeness (QED) is 0.268. The van der Waals surface area contributed by atoms with Crippen LogP contribution in [0, 0.1) is 0 Å². The Hall–Kier alpha value is -3.40. The molecular weight excluding hydrogens is 585 g/mol. The number of amides is 2. The maximum absolute atomic E-state index is 14.1. The third-order valence-electron chi connectivity index (χ3n) is 6.43. The van der Waals surface area contributed by atoms with Gasteiger partial charge in [0.05, 0.1) is 11.9 Å². The van der Waals surface area contributed by atoms with Crippen LogP contribution in [0.3, 0.4) is 0 Å². The van der Waals surface area contributed by atoms with Crippen LogP contribution in [-0.2, 0) is 32.6 Å². The SMILES string of the molecule is CCCNC(=O)C(Cc1ccccc1)N(Cc1c(Cl)cccc1Cl)C(=O)CN(c1cccc(C(C)=O)c1)S(C)(=O)=O. The van der Waals surface area contributed by atoms with Crippen LogP contribution < -0.4 is 9.62 Å². The van der Waals surface area contributed by atoms with Crippen molar-refractivity contribution in [2.45, 2.75) is 39.3 Å². The third kappa shape index (κ3) is 8.79. The molecule has 0 saturated carbocycles. The van der Waals surface area contributed by atoms with Gasteiger partial charge in [-0.15, -0.1) is 0 Å². The van der Waals surface area contributed by atoms with Crippen LogP contribution in [0.5, 0.6) is 0 Å². The number of benzene rings is 3. The molecule has 11 heteroatoms. The zero-order chi connectivity index (χ0) is 30.2. The third-order valence-corrected chi connectivity index (χ3v) is 8.28. The summed E-state index contributed by atoms with van der Waals surface area (Å²) < 4.78 is 26.8. The highest BCUT2D eigenvalue weighted by molar-refractivity contribution is 7.92. The van der Waals surface area contributed by atoms with E-state index < -0.39 is 34.4 Å². The van der Waals surface area contributed by atoms with Gasteiger partial charge in [0.2, 0.25) is 21.8 Å². The van der Waals surface area contributed by atoms with Gasteiger partial charge in [-0.3, -0.25) is 18.7 Å². The predicted octanol–water partition coefficient (Wildman–Crippen LogP) is 5.13. The molecule has 218 valence electrons. The van der Waals surface area contributed by atoms with Crippen molar-refractivity contribution < 1.29 is 22.8 Å². The van der Waals surface area contributed by atoms with Gasteiger partial charge in [-0.2, -0.15) is 0 Å². The summed E-state index contributed by atoms with van der Waals surface area (Å²) in [7, 11) is -3.98. The van der Waals surface area contributed by atoms with Crippen molar-refractivity contribution in [3.8, 4) is 0 Å². The molecule has 3 aromatic carbocycles. The molecule has 0 fully saturated rings. The fourth-order valence-corrected chi connectivity index (χ4v) is 5.63. The van der Waals surface area contributed by atoms with Gasteiger partial charge in [0.25, 0.3) is 0 Å². The van der Waals surface area contributed by atoms with Crippen molar-refractivity contribution in [2.24, 2.45) is 0 Å². The fraction of sp³-hybridized carbons (Fsp3) is 0.300. The topological polar surface area (TPSA) is 104 Å². The number of Topliss-reactive ketones (excluding diaryl/α,β-unsaturated/α-hetero) is 1. The Bertz CT molecular complexity index is 1480. The van der Waals surface area contributed by atoms with Crippen LogP contribution in [-0.4, -0.2) is 56.3 Å². The van der Waals surface area contributed by atoms with Crippen molar-refractivity contribution in [1.29, 1.82) is 0 Å². The number of carbonyl (C=O) groups is 3. The number of nitrogens with zero attached hydrogens (tertiary/aromatic N) is 2. The number of carbonyl (C=O) groups excluding carboxylic acids is 3. The molecule has 3 rings (SSSR count). The Morgan fingerprint density at radius 2 is 1.56 bits per heavy atom. The predicted molar refractivity (Wildman–Crippen MR) is 163 cm³/mol. The number of hydrogen-bond acceptors (Lipinski definition) is 5. The number of halogens is 2. The Kier molecular flexibility index (Phi) is 11.3. The zero-order valence-corrected chi connectivity index (χ0v) is 25.5. The molecular formula is C30H33Cl2N3O5S. The van der Waals surface area contributed by atoms with Crippen LogP contribution in [0.15, 0.2) is 72.8 Å². The summed E-state index contributed by atoms with van der Waals surface area (Å²) in [6.07, 6.45) is 1.83. The molecule has 0 heterocycles. The fourth-order valence-electron chi connectivity index (χ4n) is 4.27. The number of nitrogens with one attached hydrogen (secondary N) is 1. The largest absolute Gasteiger partial charge is 0.354 e. The highest BCUT2D eigenvalue weighted by Crippen LogP contribution is 2.28. The lowest BCUT2D eigenvalue weighted by Gasteiger charge is -2.34. The minimum Gasteiger partial charge on any atom is -0.354 e. The van der Waals surface area contributed by atoms with Gasteiger partial charge >= 0.3 is 0 Å². The molecule has 1 atom stereocenters. The van der Waals surface area contributed by atoms with E-state index in [4.69, 9.17) is 23.2 Å². The van der Waals surface area contributed by atoms with Crippen LogP contribution in [0.2, 0.25) is 10.0 Å². The minimum absolute atomic E-state index is 0.139. The first-order chi connectivity index (χ1) is 19.4. The first-order valence-electron chi connectivity index (χ1n) is 13.0. The van der Waals surface area contributed by atoms with E-state index >= 15 is 0 Å². The summed E-state index contributed by atoms with van der Waals surface area (Å²) in [6, 6.07) is 19.2. The highest BCUT2D eigenvalue weighted by atomic mass is 35.5. The van der Waals surface area contributed by atoms with Gasteiger partial charge in [0, 0.05) is 40.7 Å². The molecule has 3 aromatic rings. The summed E-state index contributed by atoms with van der Waals surface area (Å²) in [6.45, 7) is 2.92. The molecule has 0 aliphatic rings. The molecule has 0 saturated heterocycles. The van der Waals surface area contributed by atoms with Gasteiger partial charge in [-0.1, -0.05) is 78.7 Å². The van der Waals surface area contributed by atoms with E-state index in [2.05, 4.69) is 5.32 Å². The number of ketones is 1. The van der Waals surface area contributed by atoms with E-state index in [1.54, 1.807) is 30.3 Å². The monoisotopic (exact) mass is 617 g/mol. The summed E-state index contributed by atoms with van der Waals surface area (Å²) in [4.78, 5) is 41.0. The van der Waals surface area contributed by atoms with Gasteiger partial charge in [0.1, 0.15) is 12.6 Å². The van der Waals surface area contributed by atoms with Crippen molar-refractivity contribution in [2.75, 3.05) is 23.7 Å². The molecule has 0 radical (unpaired) electrons. The Labute approximate surface area is 251 Å². The minimum atomic E-state index is -3.98. The van der Waals surface area contributed by atoms with Crippen molar-refractivity contribution >= 4 is 56.5 Å². The van der Waals surface area contributed by atoms with E-state index in [1.165, 1.54) is 24.0 Å². The van der Waals surface area contributed by atoms with E-state index in [0.29, 0.717) is 34.1 Å². The second-order valence-corrected chi connectivity index (χ2v) is 12.3. The Balaban J connectivity index is 2.10. The molecule has 2 amide bonds. The number of anilines is 1. The summed E-state index contributed by atoms with van der Waals surface area (Å²) >= 11 is 12.9. The standard InChI is InChI=1S/C30H33Cl2N3O5S/c1-4-16-33-30(38)28(17-22-10-6-5-7-11-22)34(19-25-26(31)14-9-15-27(25)32)29(37)20-35(41(3,39)40)24-13-8-12-23(18-24)21(2)36/h5-15,18,28H,4,16-17,19-20H2,1-3H3,(H,33,38). The lowest BCUT2D eigenvalue weighted by molar-refractivity contribution is -0.140. The van der Waals surface area contributed by atoms with Gasteiger partial charge in [0.15, 0.2) is 5.78 Å². The molecule has 0 aliphatic heterocycles. The molecule has 41 heavy (non-hydrogen) atoms. The highest BCUT2D eigenvalue weighted by Gasteiger charge is 2.33. The molecule has 1 unspecified atom stereocenters. The zero-order valence-electron chi connectivity index (χ0n) is 23.1. The van der Waals surface area contributed by atoms with Gasteiger partial charge < -0.3 is 10.2 Å². The van der Waals surface area contributed by atoms with Crippen LogP contribution in [0.25, 0.3) is 0 Å². The second-order valence-electron chi connectivity index (χ2n) is 9.59. The van der Waals surface area contributed by atoms with Crippen LogP contribution in [0.1, 0.15) is 41.8 Å². The number of hydrogen-bond donors (Lipinski definition) is 1. The molecule has 0 aromatic heterocycles. The maximum atomic E-state index is 14.1. The normalized spacial score (nSPS) is 11.9. The van der Waals surface area contributed by atoms with Crippen LogP contribution >= 0.6 is 23.2 Å². The molecule has 0 spiro atoms. The lowest BCUT2D eigenvalue weighted by Crippen LogP contribution is -2.53. The van der Waals surface area contributed by atoms with Gasteiger partial charge in [-0.25, -0.2) is 8.42 Å². The first kappa shape index (κ1) is 32.1. The van der Waals surface area contributed by atoms with Gasteiger partial charge in [-0.05, 0) is 43.2 Å². The first-order valence-corrected chi connectivity index (χ1v) is 15.7. The maximum Gasteiger partial charge on any atom is 0.244 e. The smallest absolute Gasteiger partial charge is 0.244 e. The number of sulfonamides is 1.